The topological polar surface area (TPSA) is 50.2 Å². The minimum Gasteiger partial charge on any atom is -0.354 e. The number of rotatable bonds is 6. The monoisotopic (exact) mass is 416 g/mol. The number of aromatic nitrogens is 2. The van der Waals surface area contributed by atoms with Crippen molar-refractivity contribution in [2.45, 2.75) is 59.9 Å². The van der Waals surface area contributed by atoms with E-state index in [2.05, 4.69) is 29.2 Å². The number of hydrogen-bond acceptors (Lipinski definition) is 3. The molecule has 1 aromatic carbocycles. The molecule has 1 aliphatic rings. The Morgan fingerprint density at radius 2 is 1.97 bits per heavy atom. The third-order valence-corrected chi connectivity index (χ3v) is 6.62. The third kappa shape index (κ3) is 5.20. The summed E-state index contributed by atoms with van der Waals surface area (Å²) in [6.45, 7) is 13.4. The SMILES string of the molecule is Cc1ccc(-n2nc(C)c(CC(=O)NCC(C)N3CCC(C)CC3)c2C)cc1Cl. The van der Waals surface area contributed by atoms with Crippen molar-refractivity contribution in [1.29, 1.82) is 0 Å². The number of likely N-dealkylation sites (tertiary alicyclic amines) is 1. The van der Waals surface area contributed by atoms with Crippen LogP contribution in [0.4, 0.5) is 0 Å². The maximum atomic E-state index is 12.6. The molecule has 0 bridgehead atoms. The van der Waals surface area contributed by atoms with Crippen molar-refractivity contribution in [3.8, 4) is 5.69 Å². The van der Waals surface area contributed by atoms with Crippen LogP contribution in [-0.2, 0) is 11.2 Å². The normalized spacial score (nSPS) is 16.8. The number of carbonyl (C=O) groups excluding carboxylic acids is 1. The smallest absolute Gasteiger partial charge is 0.224 e. The Hall–Kier alpha value is -1.85. The Balaban J connectivity index is 1.62. The summed E-state index contributed by atoms with van der Waals surface area (Å²) in [7, 11) is 0. The lowest BCUT2D eigenvalue weighted by atomic mass is 9.98. The minimum absolute atomic E-state index is 0.0508. The summed E-state index contributed by atoms with van der Waals surface area (Å²) in [4.78, 5) is 15.1. The zero-order valence-corrected chi connectivity index (χ0v) is 19.0. The van der Waals surface area contributed by atoms with Gasteiger partial charge in [0.2, 0.25) is 5.91 Å². The van der Waals surface area contributed by atoms with Crippen LogP contribution in [0.15, 0.2) is 18.2 Å². The Kier molecular flexibility index (Phi) is 7.01. The molecule has 0 spiro atoms. The molecule has 1 amide bonds. The van der Waals surface area contributed by atoms with Gasteiger partial charge in [0.25, 0.3) is 0 Å². The number of aryl methyl sites for hydroxylation is 2. The van der Waals surface area contributed by atoms with E-state index in [1.54, 1.807) is 0 Å². The largest absolute Gasteiger partial charge is 0.354 e. The fourth-order valence-corrected chi connectivity index (χ4v) is 4.15. The number of nitrogens with zero attached hydrogens (tertiary/aromatic N) is 3. The highest BCUT2D eigenvalue weighted by Crippen LogP contribution is 2.23. The van der Waals surface area contributed by atoms with Crippen LogP contribution in [0.2, 0.25) is 5.02 Å². The van der Waals surface area contributed by atoms with Gasteiger partial charge in [-0.1, -0.05) is 24.6 Å². The van der Waals surface area contributed by atoms with Gasteiger partial charge in [-0.05, 0) is 77.2 Å². The van der Waals surface area contributed by atoms with Gasteiger partial charge >= 0.3 is 0 Å². The molecule has 1 atom stereocenters. The van der Waals surface area contributed by atoms with Crippen LogP contribution >= 0.6 is 11.6 Å². The standard InChI is InChI=1S/C23H33ClN4O/c1-15-8-10-27(11-9-15)17(3)14-25-23(29)13-21-18(4)26-28(19(21)5)20-7-6-16(2)22(24)12-20/h6-7,12,15,17H,8-11,13-14H2,1-5H3,(H,25,29). The van der Waals surface area contributed by atoms with Crippen LogP contribution in [0, 0.1) is 26.7 Å². The first kappa shape index (κ1) is 21.8. The van der Waals surface area contributed by atoms with Crippen LogP contribution in [0.1, 0.15) is 49.2 Å². The molecule has 0 radical (unpaired) electrons. The lowest BCUT2D eigenvalue weighted by Gasteiger charge is -2.35. The van der Waals surface area contributed by atoms with Gasteiger partial charge in [-0.15, -0.1) is 0 Å². The molecule has 3 rings (SSSR count). The summed E-state index contributed by atoms with van der Waals surface area (Å²) in [5.74, 6) is 0.869. The minimum atomic E-state index is 0.0508. The van der Waals surface area contributed by atoms with E-state index in [1.165, 1.54) is 12.8 Å². The second kappa shape index (κ2) is 9.31. The first-order chi connectivity index (χ1) is 13.8. The summed E-state index contributed by atoms with van der Waals surface area (Å²) in [6, 6.07) is 6.28. The Morgan fingerprint density at radius 1 is 1.28 bits per heavy atom. The lowest BCUT2D eigenvalue weighted by molar-refractivity contribution is -0.120. The molecule has 0 aliphatic carbocycles. The molecular formula is C23H33ClN4O. The number of hydrogen-bond donors (Lipinski definition) is 1. The van der Waals surface area contributed by atoms with Gasteiger partial charge in [0.15, 0.2) is 0 Å². The van der Waals surface area contributed by atoms with Gasteiger partial charge in [0.05, 0.1) is 17.8 Å². The molecule has 1 saturated heterocycles. The average molecular weight is 417 g/mol. The van der Waals surface area contributed by atoms with E-state index in [0.717, 1.165) is 52.2 Å². The molecule has 158 valence electrons. The Bertz CT molecular complexity index is 868. The predicted octanol–water partition coefficient (Wildman–Crippen LogP) is 4.23. The molecule has 1 unspecified atom stereocenters. The van der Waals surface area contributed by atoms with Crippen LogP contribution in [0.25, 0.3) is 5.69 Å². The summed E-state index contributed by atoms with van der Waals surface area (Å²) in [5.41, 5.74) is 4.80. The number of carbonyl (C=O) groups is 1. The van der Waals surface area contributed by atoms with Crippen molar-refractivity contribution in [2.75, 3.05) is 19.6 Å². The van der Waals surface area contributed by atoms with E-state index in [1.807, 2.05) is 43.7 Å². The van der Waals surface area contributed by atoms with Gasteiger partial charge in [0, 0.05) is 28.9 Å². The average Bonchev–Trinajstić information content (AvgIpc) is 2.97. The number of benzene rings is 1. The first-order valence-corrected chi connectivity index (χ1v) is 11.0. The fraction of sp³-hybridized carbons (Fsp3) is 0.565. The quantitative estimate of drug-likeness (QED) is 0.766. The Labute approximate surface area is 179 Å². The lowest BCUT2D eigenvalue weighted by Crippen LogP contribution is -2.45. The van der Waals surface area contributed by atoms with E-state index in [9.17, 15) is 4.79 Å². The predicted molar refractivity (Wildman–Crippen MR) is 119 cm³/mol. The van der Waals surface area contributed by atoms with Crippen molar-refractivity contribution in [1.82, 2.24) is 20.0 Å². The van der Waals surface area contributed by atoms with Crippen LogP contribution < -0.4 is 5.32 Å². The number of piperidine rings is 1. The Morgan fingerprint density at radius 3 is 2.62 bits per heavy atom. The zero-order chi connectivity index (χ0) is 21.1. The molecule has 5 nitrogen and oxygen atoms in total. The van der Waals surface area contributed by atoms with Crippen LogP contribution in [0.5, 0.6) is 0 Å². The van der Waals surface area contributed by atoms with E-state index >= 15 is 0 Å². The molecule has 1 aliphatic heterocycles. The van der Waals surface area contributed by atoms with Gasteiger partial charge < -0.3 is 5.32 Å². The number of amides is 1. The summed E-state index contributed by atoms with van der Waals surface area (Å²) >= 11 is 6.28. The maximum absolute atomic E-state index is 12.6. The van der Waals surface area contributed by atoms with Gasteiger partial charge in [-0.2, -0.15) is 5.10 Å². The van der Waals surface area contributed by atoms with E-state index in [0.29, 0.717) is 19.0 Å². The van der Waals surface area contributed by atoms with Crippen LogP contribution in [0.3, 0.4) is 0 Å². The van der Waals surface area contributed by atoms with Gasteiger partial charge in [-0.25, -0.2) is 4.68 Å². The molecule has 2 heterocycles. The van der Waals surface area contributed by atoms with Crippen LogP contribution in [-0.4, -0.2) is 46.3 Å². The van der Waals surface area contributed by atoms with Crippen molar-refractivity contribution in [3.05, 3.63) is 45.7 Å². The fourth-order valence-electron chi connectivity index (χ4n) is 3.98. The molecule has 2 aromatic rings. The van der Waals surface area contributed by atoms with Gasteiger partial charge in [0.1, 0.15) is 0 Å². The van der Waals surface area contributed by atoms with Crippen molar-refractivity contribution >= 4 is 17.5 Å². The molecule has 1 aromatic heterocycles. The second-order valence-electron chi connectivity index (χ2n) is 8.54. The van der Waals surface area contributed by atoms with Gasteiger partial charge in [-0.3, -0.25) is 9.69 Å². The summed E-state index contributed by atoms with van der Waals surface area (Å²) < 4.78 is 1.88. The third-order valence-electron chi connectivity index (χ3n) is 6.21. The number of halogens is 1. The molecule has 1 fully saturated rings. The zero-order valence-electron chi connectivity index (χ0n) is 18.3. The second-order valence-corrected chi connectivity index (χ2v) is 8.95. The van der Waals surface area contributed by atoms with E-state index < -0.39 is 0 Å². The molecular weight excluding hydrogens is 384 g/mol. The molecule has 1 N–H and O–H groups in total. The maximum Gasteiger partial charge on any atom is 0.224 e. The highest BCUT2D eigenvalue weighted by molar-refractivity contribution is 6.31. The van der Waals surface area contributed by atoms with Crippen molar-refractivity contribution in [2.24, 2.45) is 5.92 Å². The van der Waals surface area contributed by atoms with E-state index in [-0.39, 0.29) is 5.91 Å². The van der Waals surface area contributed by atoms with Crippen molar-refractivity contribution in [3.63, 3.8) is 0 Å². The first-order valence-electron chi connectivity index (χ1n) is 10.6. The highest BCUT2D eigenvalue weighted by atomic mass is 35.5. The number of nitrogens with one attached hydrogen (secondary N) is 1. The molecule has 0 saturated carbocycles. The highest BCUT2D eigenvalue weighted by Gasteiger charge is 2.21. The van der Waals surface area contributed by atoms with E-state index in [4.69, 9.17) is 11.6 Å². The van der Waals surface area contributed by atoms with Crippen molar-refractivity contribution < 1.29 is 4.79 Å². The summed E-state index contributed by atoms with van der Waals surface area (Å²) in [5, 5.41) is 8.49. The molecule has 6 heteroatoms. The summed E-state index contributed by atoms with van der Waals surface area (Å²) in [6.07, 6.45) is 2.85. The molecule has 29 heavy (non-hydrogen) atoms.